The molecule has 0 aromatic heterocycles. The molecule has 1 nitrogen and oxygen atoms in total. The Kier molecular flexibility index (Phi) is 6.28. The molecule has 1 N–H and O–H groups in total. The Morgan fingerprint density at radius 3 is 2.29 bits per heavy atom. The smallest absolute Gasteiger partial charge is 0.00415 e. The Morgan fingerprint density at radius 2 is 1.71 bits per heavy atom. The van der Waals surface area contributed by atoms with Gasteiger partial charge in [-0.3, -0.25) is 0 Å². The van der Waals surface area contributed by atoms with Crippen molar-refractivity contribution in [1.29, 1.82) is 0 Å². The zero-order valence-electron chi connectivity index (χ0n) is 11.7. The minimum absolute atomic E-state index is 0.593. The first-order valence-electron chi connectivity index (χ1n) is 6.91. The van der Waals surface area contributed by atoms with E-state index >= 15 is 0 Å². The van der Waals surface area contributed by atoms with Crippen LogP contribution in [0.3, 0.4) is 0 Å². The molecule has 0 aliphatic heterocycles. The van der Waals surface area contributed by atoms with E-state index in [1.54, 1.807) is 0 Å². The quantitative estimate of drug-likeness (QED) is 0.744. The molecule has 3 unspecified atom stereocenters. The molecule has 17 heavy (non-hydrogen) atoms. The Hall–Kier alpha value is -0.820. The fraction of sp³-hybridized carbons (Fsp3) is 0.625. The highest BCUT2D eigenvalue weighted by Crippen LogP contribution is 2.14. The monoisotopic (exact) mass is 233 g/mol. The van der Waals surface area contributed by atoms with Crippen molar-refractivity contribution in [2.45, 2.75) is 52.5 Å². The van der Waals surface area contributed by atoms with Gasteiger partial charge in [0.25, 0.3) is 0 Å². The lowest BCUT2D eigenvalue weighted by Gasteiger charge is -2.20. The normalized spacial score (nSPS) is 16.5. The Morgan fingerprint density at radius 1 is 1.06 bits per heavy atom. The van der Waals surface area contributed by atoms with Crippen LogP contribution in [0.2, 0.25) is 0 Å². The van der Waals surface area contributed by atoms with Crippen molar-refractivity contribution in [3.63, 3.8) is 0 Å². The van der Waals surface area contributed by atoms with E-state index in [0.29, 0.717) is 12.0 Å². The highest BCUT2D eigenvalue weighted by molar-refractivity contribution is 5.18. The summed E-state index contributed by atoms with van der Waals surface area (Å²) in [7, 11) is 0. The number of hydrogen-bond acceptors (Lipinski definition) is 1. The lowest BCUT2D eigenvalue weighted by Crippen LogP contribution is -2.31. The fourth-order valence-electron chi connectivity index (χ4n) is 2.13. The summed E-state index contributed by atoms with van der Waals surface area (Å²) in [5.74, 6) is 1.42. The second kappa shape index (κ2) is 7.50. The predicted molar refractivity (Wildman–Crippen MR) is 76.4 cm³/mol. The largest absolute Gasteiger partial charge is 0.314 e. The fourth-order valence-corrected chi connectivity index (χ4v) is 2.13. The van der Waals surface area contributed by atoms with Gasteiger partial charge in [0.15, 0.2) is 0 Å². The van der Waals surface area contributed by atoms with Crippen LogP contribution >= 0.6 is 0 Å². The first-order valence-corrected chi connectivity index (χ1v) is 6.91. The molecular weight excluding hydrogens is 206 g/mol. The molecule has 0 saturated heterocycles. The average molecular weight is 233 g/mol. The van der Waals surface area contributed by atoms with Crippen molar-refractivity contribution in [2.24, 2.45) is 5.92 Å². The number of hydrogen-bond donors (Lipinski definition) is 1. The highest BCUT2D eigenvalue weighted by Gasteiger charge is 2.09. The van der Waals surface area contributed by atoms with Gasteiger partial charge in [-0.25, -0.2) is 0 Å². The van der Waals surface area contributed by atoms with Gasteiger partial charge >= 0.3 is 0 Å². The van der Waals surface area contributed by atoms with Gasteiger partial charge in [0, 0.05) is 12.6 Å². The van der Waals surface area contributed by atoms with Gasteiger partial charge in [0.2, 0.25) is 0 Å². The van der Waals surface area contributed by atoms with Crippen molar-refractivity contribution in [1.82, 2.24) is 5.32 Å². The van der Waals surface area contributed by atoms with E-state index in [9.17, 15) is 0 Å². The molecule has 0 amide bonds. The van der Waals surface area contributed by atoms with Gasteiger partial charge in [-0.05, 0) is 30.7 Å². The molecule has 0 heterocycles. The summed E-state index contributed by atoms with van der Waals surface area (Å²) < 4.78 is 0. The third-order valence-corrected chi connectivity index (χ3v) is 3.59. The molecule has 1 heteroatoms. The molecule has 0 radical (unpaired) electrons. The molecule has 0 aliphatic rings. The number of nitrogens with one attached hydrogen (secondary N) is 1. The van der Waals surface area contributed by atoms with Crippen LogP contribution in [-0.4, -0.2) is 12.6 Å². The lowest BCUT2D eigenvalue weighted by atomic mass is 9.98. The maximum absolute atomic E-state index is 3.65. The van der Waals surface area contributed by atoms with Crippen LogP contribution in [0.15, 0.2) is 30.3 Å². The second-order valence-corrected chi connectivity index (χ2v) is 5.37. The third kappa shape index (κ3) is 5.36. The van der Waals surface area contributed by atoms with E-state index in [0.717, 1.165) is 12.5 Å². The summed E-state index contributed by atoms with van der Waals surface area (Å²) in [5, 5.41) is 3.65. The van der Waals surface area contributed by atoms with E-state index in [4.69, 9.17) is 0 Å². The summed E-state index contributed by atoms with van der Waals surface area (Å²) in [4.78, 5) is 0. The van der Waals surface area contributed by atoms with E-state index < -0.39 is 0 Å². The van der Waals surface area contributed by atoms with Crippen LogP contribution < -0.4 is 5.32 Å². The molecule has 0 fully saturated rings. The molecule has 1 rings (SSSR count). The first-order chi connectivity index (χ1) is 8.13. The maximum atomic E-state index is 3.65. The molecule has 0 saturated carbocycles. The van der Waals surface area contributed by atoms with E-state index in [-0.39, 0.29) is 0 Å². The van der Waals surface area contributed by atoms with Crippen LogP contribution in [-0.2, 0) is 0 Å². The van der Waals surface area contributed by atoms with Crippen LogP contribution in [0.1, 0.15) is 52.0 Å². The van der Waals surface area contributed by atoms with Crippen LogP contribution in [0.25, 0.3) is 0 Å². The SMILES string of the molecule is CCC(C)CC(C)NCC(C)c1ccccc1. The van der Waals surface area contributed by atoms with E-state index in [1.807, 2.05) is 0 Å². The molecule has 0 aliphatic carbocycles. The van der Waals surface area contributed by atoms with Crippen LogP contribution in [0.4, 0.5) is 0 Å². The second-order valence-electron chi connectivity index (χ2n) is 5.37. The molecule has 0 bridgehead atoms. The van der Waals surface area contributed by atoms with Crippen molar-refractivity contribution in [3.8, 4) is 0 Å². The van der Waals surface area contributed by atoms with Gasteiger partial charge in [-0.15, -0.1) is 0 Å². The minimum atomic E-state index is 0.593. The molecular formula is C16H27N. The van der Waals surface area contributed by atoms with Gasteiger partial charge in [0.05, 0.1) is 0 Å². The van der Waals surface area contributed by atoms with Crippen LogP contribution in [0.5, 0.6) is 0 Å². The maximum Gasteiger partial charge on any atom is 0.00415 e. The Balaban J connectivity index is 2.31. The molecule has 3 atom stereocenters. The van der Waals surface area contributed by atoms with Gasteiger partial charge in [-0.2, -0.15) is 0 Å². The molecule has 96 valence electrons. The van der Waals surface area contributed by atoms with Gasteiger partial charge in [0.1, 0.15) is 0 Å². The van der Waals surface area contributed by atoms with Crippen molar-refractivity contribution < 1.29 is 0 Å². The molecule has 1 aromatic carbocycles. The zero-order chi connectivity index (χ0) is 12.7. The molecule has 0 spiro atoms. The topological polar surface area (TPSA) is 12.0 Å². The highest BCUT2D eigenvalue weighted by atomic mass is 14.9. The van der Waals surface area contributed by atoms with Crippen LogP contribution in [0, 0.1) is 5.92 Å². The van der Waals surface area contributed by atoms with Crippen molar-refractivity contribution in [2.75, 3.05) is 6.54 Å². The average Bonchev–Trinajstić information content (AvgIpc) is 2.36. The van der Waals surface area contributed by atoms with Crippen molar-refractivity contribution >= 4 is 0 Å². The number of rotatable bonds is 7. The summed E-state index contributed by atoms with van der Waals surface area (Å²) in [6, 6.07) is 11.4. The summed E-state index contributed by atoms with van der Waals surface area (Å²) >= 11 is 0. The van der Waals surface area contributed by atoms with E-state index in [2.05, 4.69) is 63.3 Å². The standard InChI is InChI=1S/C16H27N/c1-5-13(2)11-15(4)17-12-14(3)16-9-7-6-8-10-16/h6-10,13-15,17H,5,11-12H2,1-4H3. The van der Waals surface area contributed by atoms with Gasteiger partial charge < -0.3 is 5.32 Å². The minimum Gasteiger partial charge on any atom is -0.314 e. The third-order valence-electron chi connectivity index (χ3n) is 3.59. The molecule has 1 aromatic rings. The van der Waals surface area contributed by atoms with Crippen molar-refractivity contribution in [3.05, 3.63) is 35.9 Å². The Labute approximate surface area is 107 Å². The van der Waals surface area contributed by atoms with Gasteiger partial charge in [-0.1, -0.05) is 57.5 Å². The summed E-state index contributed by atoms with van der Waals surface area (Å²) in [6.45, 7) is 10.3. The Bertz CT molecular complexity index is 294. The first kappa shape index (κ1) is 14.2. The van der Waals surface area contributed by atoms with E-state index in [1.165, 1.54) is 18.4 Å². The number of benzene rings is 1. The lowest BCUT2D eigenvalue weighted by molar-refractivity contribution is 0.406. The zero-order valence-corrected chi connectivity index (χ0v) is 11.7. The predicted octanol–water partition coefficient (Wildman–Crippen LogP) is 4.20. The summed E-state index contributed by atoms with van der Waals surface area (Å²) in [6.07, 6.45) is 2.55. The summed E-state index contributed by atoms with van der Waals surface area (Å²) in [5.41, 5.74) is 1.43.